The van der Waals surface area contributed by atoms with Crippen LogP contribution in [0.5, 0.6) is 0 Å². The minimum atomic E-state index is 0.695. The van der Waals surface area contributed by atoms with Gasteiger partial charge in [0.15, 0.2) is 0 Å². The molecule has 0 radical (unpaired) electrons. The first kappa shape index (κ1) is 12.8. The number of aromatic nitrogens is 3. The molecule has 0 saturated heterocycles. The zero-order valence-electron chi connectivity index (χ0n) is 11.2. The van der Waals surface area contributed by atoms with Crippen molar-refractivity contribution in [2.24, 2.45) is 0 Å². The summed E-state index contributed by atoms with van der Waals surface area (Å²) in [5, 5.41) is 8.13. The quantitative estimate of drug-likeness (QED) is 0.941. The number of halogens is 1. The van der Waals surface area contributed by atoms with Gasteiger partial charge in [-0.3, -0.25) is 4.98 Å². The number of hydrogen-bond donors (Lipinski definition) is 1. The van der Waals surface area contributed by atoms with Crippen molar-refractivity contribution in [3.05, 3.63) is 39.9 Å². The van der Waals surface area contributed by atoms with Gasteiger partial charge in [0.1, 0.15) is 0 Å². The Morgan fingerprint density at radius 2 is 2.21 bits per heavy atom. The molecule has 1 aliphatic rings. The fourth-order valence-electron chi connectivity index (χ4n) is 2.16. The molecule has 0 bridgehead atoms. The molecule has 0 aliphatic heterocycles. The molecule has 1 N–H and O–H groups in total. The highest BCUT2D eigenvalue weighted by atomic mass is 79.9. The molecule has 19 heavy (non-hydrogen) atoms. The Morgan fingerprint density at radius 3 is 2.84 bits per heavy atom. The van der Waals surface area contributed by atoms with Gasteiger partial charge in [0.25, 0.3) is 0 Å². The Bertz CT molecular complexity index is 601. The second-order valence-corrected chi connectivity index (χ2v) is 5.85. The van der Waals surface area contributed by atoms with Crippen molar-refractivity contribution in [2.45, 2.75) is 39.3 Å². The third-order valence-electron chi connectivity index (χ3n) is 3.47. The fourth-order valence-corrected chi connectivity index (χ4v) is 2.41. The normalized spacial score (nSPS) is 14.9. The van der Waals surface area contributed by atoms with Crippen LogP contribution in [0.4, 0.5) is 0 Å². The van der Waals surface area contributed by atoms with Crippen LogP contribution < -0.4 is 5.32 Å². The minimum absolute atomic E-state index is 0.695. The molecular formula is C14H17BrN4. The SMILES string of the molecule is Cc1nn(-c2ccncc2CNC2CC2)c(C)c1Br. The summed E-state index contributed by atoms with van der Waals surface area (Å²) in [5.74, 6) is 0. The standard InChI is InChI=1S/C14H17BrN4/c1-9-14(15)10(2)19(18-9)13-5-6-16-7-11(13)8-17-12-3-4-12/h5-7,12,17H,3-4,8H2,1-2H3. The van der Waals surface area contributed by atoms with Gasteiger partial charge < -0.3 is 5.32 Å². The Hall–Kier alpha value is -1.20. The number of rotatable bonds is 4. The summed E-state index contributed by atoms with van der Waals surface area (Å²) in [6.45, 7) is 4.93. The lowest BCUT2D eigenvalue weighted by Crippen LogP contribution is -2.17. The van der Waals surface area contributed by atoms with Crippen molar-refractivity contribution >= 4 is 15.9 Å². The Labute approximate surface area is 121 Å². The van der Waals surface area contributed by atoms with Gasteiger partial charge in [-0.25, -0.2) is 4.68 Å². The van der Waals surface area contributed by atoms with E-state index in [1.165, 1.54) is 18.4 Å². The number of nitrogens with zero attached hydrogens (tertiary/aromatic N) is 3. The lowest BCUT2D eigenvalue weighted by molar-refractivity contribution is 0.677. The Balaban J connectivity index is 1.96. The average Bonchev–Trinajstić information content (AvgIpc) is 3.21. The zero-order valence-corrected chi connectivity index (χ0v) is 12.7. The van der Waals surface area contributed by atoms with Gasteiger partial charge in [-0.05, 0) is 48.7 Å². The monoisotopic (exact) mass is 320 g/mol. The van der Waals surface area contributed by atoms with Crippen molar-refractivity contribution in [1.29, 1.82) is 0 Å². The Morgan fingerprint density at radius 1 is 1.42 bits per heavy atom. The van der Waals surface area contributed by atoms with E-state index in [1.807, 2.05) is 30.1 Å². The van der Waals surface area contributed by atoms with Gasteiger partial charge in [0.2, 0.25) is 0 Å². The van der Waals surface area contributed by atoms with Crippen LogP contribution in [0.3, 0.4) is 0 Å². The van der Waals surface area contributed by atoms with Crippen LogP contribution >= 0.6 is 15.9 Å². The molecule has 5 heteroatoms. The van der Waals surface area contributed by atoms with Crippen LogP contribution in [0.25, 0.3) is 5.69 Å². The van der Waals surface area contributed by atoms with E-state index in [-0.39, 0.29) is 0 Å². The molecule has 0 amide bonds. The number of nitrogens with one attached hydrogen (secondary N) is 1. The maximum Gasteiger partial charge on any atom is 0.0743 e. The smallest absolute Gasteiger partial charge is 0.0743 e. The van der Waals surface area contributed by atoms with Gasteiger partial charge in [0.05, 0.1) is 21.5 Å². The molecule has 4 nitrogen and oxygen atoms in total. The first-order valence-electron chi connectivity index (χ1n) is 6.55. The molecule has 2 heterocycles. The summed E-state index contributed by atoms with van der Waals surface area (Å²) in [6.07, 6.45) is 6.33. The van der Waals surface area contributed by atoms with Gasteiger partial charge in [0, 0.05) is 30.5 Å². The van der Waals surface area contributed by atoms with Crippen molar-refractivity contribution in [3.8, 4) is 5.69 Å². The Kier molecular flexibility index (Phi) is 3.41. The molecule has 100 valence electrons. The van der Waals surface area contributed by atoms with E-state index in [0.717, 1.165) is 28.1 Å². The second kappa shape index (κ2) is 5.06. The van der Waals surface area contributed by atoms with Crippen LogP contribution in [0.2, 0.25) is 0 Å². The molecule has 1 aliphatic carbocycles. The highest BCUT2D eigenvalue weighted by molar-refractivity contribution is 9.10. The lowest BCUT2D eigenvalue weighted by Gasteiger charge is -2.11. The van der Waals surface area contributed by atoms with Gasteiger partial charge in [-0.15, -0.1) is 0 Å². The number of hydrogen-bond acceptors (Lipinski definition) is 3. The molecule has 0 aromatic carbocycles. The summed E-state index contributed by atoms with van der Waals surface area (Å²) in [6, 6.07) is 2.72. The average molecular weight is 321 g/mol. The summed E-state index contributed by atoms with van der Waals surface area (Å²) in [7, 11) is 0. The number of pyridine rings is 1. The highest BCUT2D eigenvalue weighted by Crippen LogP contribution is 2.25. The predicted molar refractivity (Wildman–Crippen MR) is 78.4 cm³/mol. The van der Waals surface area contributed by atoms with E-state index < -0.39 is 0 Å². The summed E-state index contributed by atoms with van der Waals surface area (Å²) < 4.78 is 3.07. The first-order valence-corrected chi connectivity index (χ1v) is 7.34. The van der Waals surface area contributed by atoms with E-state index in [1.54, 1.807) is 0 Å². The lowest BCUT2D eigenvalue weighted by atomic mass is 10.2. The molecule has 1 saturated carbocycles. The largest absolute Gasteiger partial charge is 0.310 e. The molecule has 1 fully saturated rings. The van der Waals surface area contributed by atoms with Crippen molar-refractivity contribution in [3.63, 3.8) is 0 Å². The summed E-state index contributed by atoms with van der Waals surface area (Å²) >= 11 is 3.58. The minimum Gasteiger partial charge on any atom is -0.310 e. The van der Waals surface area contributed by atoms with E-state index in [0.29, 0.717) is 6.04 Å². The molecule has 0 unspecified atom stereocenters. The van der Waals surface area contributed by atoms with Gasteiger partial charge >= 0.3 is 0 Å². The zero-order chi connectivity index (χ0) is 13.4. The maximum atomic E-state index is 4.60. The van der Waals surface area contributed by atoms with E-state index in [4.69, 9.17) is 0 Å². The van der Waals surface area contributed by atoms with Crippen LogP contribution in [-0.2, 0) is 6.54 Å². The molecular weight excluding hydrogens is 304 g/mol. The number of aryl methyl sites for hydroxylation is 1. The highest BCUT2D eigenvalue weighted by Gasteiger charge is 2.21. The van der Waals surface area contributed by atoms with Crippen LogP contribution in [0, 0.1) is 13.8 Å². The van der Waals surface area contributed by atoms with E-state index in [9.17, 15) is 0 Å². The molecule has 2 aromatic rings. The third kappa shape index (κ3) is 2.58. The topological polar surface area (TPSA) is 42.7 Å². The molecule has 0 atom stereocenters. The van der Waals surface area contributed by atoms with Crippen LogP contribution in [-0.4, -0.2) is 20.8 Å². The second-order valence-electron chi connectivity index (χ2n) is 5.06. The van der Waals surface area contributed by atoms with Crippen molar-refractivity contribution in [2.75, 3.05) is 0 Å². The van der Waals surface area contributed by atoms with Crippen molar-refractivity contribution < 1.29 is 0 Å². The summed E-state index contributed by atoms with van der Waals surface area (Å²) in [5.41, 5.74) is 4.42. The third-order valence-corrected chi connectivity index (χ3v) is 4.62. The summed E-state index contributed by atoms with van der Waals surface area (Å²) in [4.78, 5) is 4.24. The molecule has 3 rings (SSSR count). The van der Waals surface area contributed by atoms with Crippen LogP contribution in [0.1, 0.15) is 29.8 Å². The van der Waals surface area contributed by atoms with E-state index >= 15 is 0 Å². The molecule has 0 spiro atoms. The predicted octanol–water partition coefficient (Wildman–Crippen LogP) is 2.90. The van der Waals surface area contributed by atoms with Crippen molar-refractivity contribution in [1.82, 2.24) is 20.1 Å². The first-order chi connectivity index (χ1) is 9.16. The van der Waals surface area contributed by atoms with E-state index in [2.05, 4.69) is 38.3 Å². The molecule has 2 aromatic heterocycles. The fraction of sp³-hybridized carbons (Fsp3) is 0.429. The van der Waals surface area contributed by atoms with Gasteiger partial charge in [-0.1, -0.05) is 0 Å². The van der Waals surface area contributed by atoms with Crippen LogP contribution in [0.15, 0.2) is 22.9 Å². The maximum absolute atomic E-state index is 4.60. The van der Waals surface area contributed by atoms with Gasteiger partial charge in [-0.2, -0.15) is 5.10 Å².